The molecule has 0 aromatic heterocycles. The molecular formula is C8H16N2O. The zero-order valence-electron chi connectivity index (χ0n) is 7.17. The van der Waals surface area contributed by atoms with Gasteiger partial charge in [-0.3, -0.25) is 0 Å². The maximum absolute atomic E-state index is 8.89. The fourth-order valence-corrected chi connectivity index (χ4v) is 0.748. The normalized spacial score (nSPS) is 15.5. The monoisotopic (exact) mass is 156 g/mol. The van der Waals surface area contributed by atoms with E-state index in [2.05, 4.69) is 11.4 Å². The lowest BCUT2D eigenvalue weighted by molar-refractivity contribution is 0.183. The summed E-state index contributed by atoms with van der Waals surface area (Å²) < 4.78 is 0. The molecule has 0 aliphatic carbocycles. The maximum atomic E-state index is 8.89. The molecule has 2 atom stereocenters. The van der Waals surface area contributed by atoms with Crippen LogP contribution in [0.3, 0.4) is 0 Å². The van der Waals surface area contributed by atoms with Crippen LogP contribution in [0.2, 0.25) is 0 Å². The van der Waals surface area contributed by atoms with E-state index in [1.54, 1.807) is 6.92 Å². The SMILES string of the molecule is CCC(C#N)NCCC(C)O. The van der Waals surface area contributed by atoms with Gasteiger partial charge in [-0.15, -0.1) is 0 Å². The zero-order chi connectivity index (χ0) is 8.69. The third-order valence-electron chi connectivity index (χ3n) is 1.52. The Kier molecular flexibility index (Phi) is 5.81. The van der Waals surface area contributed by atoms with Crippen molar-refractivity contribution in [3.05, 3.63) is 0 Å². The lowest BCUT2D eigenvalue weighted by Crippen LogP contribution is -2.29. The first-order valence-electron chi connectivity index (χ1n) is 4.01. The summed E-state index contributed by atoms with van der Waals surface area (Å²) in [6.45, 7) is 4.42. The first kappa shape index (κ1) is 10.4. The van der Waals surface area contributed by atoms with Crippen molar-refractivity contribution in [2.75, 3.05) is 6.54 Å². The molecule has 0 aliphatic rings. The highest BCUT2D eigenvalue weighted by Gasteiger charge is 2.02. The summed E-state index contributed by atoms with van der Waals surface area (Å²) in [5, 5.41) is 20.4. The van der Waals surface area contributed by atoms with Crippen LogP contribution in [0.15, 0.2) is 0 Å². The van der Waals surface area contributed by atoms with Crippen molar-refractivity contribution in [3.63, 3.8) is 0 Å². The second kappa shape index (κ2) is 6.14. The number of hydrogen-bond donors (Lipinski definition) is 2. The van der Waals surface area contributed by atoms with Gasteiger partial charge in [0.1, 0.15) is 0 Å². The van der Waals surface area contributed by atoms with Crippen molar-refractivity contribution >= 4 is 0 Å². The number of nitrogens with zero attached hydrogens (tertiary/aromatic N) is 1. The fraction of sp³-hybridized carbons (Fsp3) is 0.875. The van der Waals surface area contributed by atoms with Crippen molar-refractivity contribution in [1.29, 1.82) is 5.26 Å². The second-order valence-electron chi connectivity index (χ2n) is 2.68. The molecule has 64 valence electrons. The van der Waals surface area contributed by atoms with Crippen LogP contribution in [0.4, 0.5) is 0 Å². The van der Waals surface area contributed by atoms with Gasteiger partial charge >= 0.3 is 0 Å². The molecule has 0 saturated heterocycles. The average Bonchev–Trinajstić information content (AvgIpc) is 1.98. The van der Waals surface area contributed by atoms with E-state index >= 15 is 0 Å². The molecule has 0 aromatic rings. The molecule has 3 heteroatoms. The van der Waals surface area contributed by atoms with Crippen LogP contribution in [0.1, 0.15) is 26.7 Å². The Bertz CT molecular complexity index is 129. The predicted molar refractivity (Wildman–Crippen MR) is 44.0 cm³/mol. The Balaban J connectivity index is 3.30. The minimum absolute atomic E-state index is 0.0613. The Labute approximate surface area is 68.0 Å². The Morgan fingerprint density at radius 3 is 2.64 bits per heavy atom. The molecule has 0 aliphatic heterocycles. The molecular weight excluding hydrogens is 140 g/mol. The molecule has 0 radical (unpaired) electrons. The summed E-state index contributed by atoms with van der Waals surface area (Å²) in [6, 6.07) is 2.07. The molecule has 11 heavy (non-hydrogen) atoms. The van der Waals surface area contributed by atoms with Crippen molar-refractivity contribution in [2.45, 2.75) is 38.8 Å². The van der Waals surface area contributed by atoms with Gasteiger partial charge in [-0.1, -0.05) is 6.92 Å². The highest BCUT2D eigenvalue weighted by molar-refractivity contribution is 4.88. The minimum atomic E-state index is -0.279. The highest BCUT2D eigenvalue weighted by Crippen LogP contribution is 1.90. The molecule has 2 unspecified atom stereocenters. The Morgan fingerprint density at radius 1 is 1.64 bits per heavy atom. The van der Waals surface area contributed by atoms with E-state index in [1.165, 1.54) is 0 Å². The van der Waals surface area contributed by atoms with Gasteiger partial charge < -0.3 is 10.4 Å². The summed E-state index contributed by atoms with van der Waals surface area (Å²) >= 11 is 0. The number of aliphatic hydroxyl groups excluding tert-OH is 1. The van der Waals surface area contributed by atoms with Gasteiger partial charge in [-0.25, -0.2) is 0 Å². The van der Waals surface area contributed by atoms with Gasteiger partial charge in [0.15, 0.2) is 0 Å². The van der Waals surface area contributed by atoms with Gasteiger partial charge in [0, 0.05) is 0 Å². The topological polar surface area (TPSA) is 56.0 Å². The molecule has 0 saturated carbocycles. The van der Waals surface area contributed by atoms with Crippen LogP contribution in [0.5, 0.6) is 0 Å². The van der Waals surface area contributed by atoms with Crippen molar-refractivity contribution in [2.24, 2.45) is 0 Å². The van der Waals surface area contributed by atoms with E-state index in [9.17, 15) is 0 Å². The van der Waals surface area contributed by atoms with Crippen molar-refractivity contribution in [3.8, 4) is 6.07 Å². The zero-order valence-corrected chi connectivity index (χ0v) is 7.17. The van der Waals surface area contributed by atoms with Crippen molar-refractivity contribution < 1.29 is 5.11 Å². The highest BCUT2D eigenvalue weighted by atomic mass is 16.3. The average molecular weight is 156 g/mol. The summed E-state index contributed by atoms with van der Waals surface area (Å²) in [5.74, 6) is 0. The third-order valence-corrected chi connectivity index (χ3v) is 1.52. The molecule has 0 bridgehead atoms. The van der Waals surface area contributed by atoms with Crippen LogP contribution < -0.4 is 5.32 Å². The van der Waals surface area contributed by atoms with E-state index < -0.39 is 0 Å². The van der Waals surface area contributed by atoms with E-state index in [4.69, 9.17) is 10.4 Å². The summed E-state index contributed by atoms with van der Waals surface area (Å²) in [4.78, 5) is 0. The summed E-state index contributed by atoms with van der Waals surface area (Å²) in [6.07, 6.45) is 1.24. The van der Waals surface area contributed by atoms with Gasteiger partial charge in [0.25, 0.3) is 0 Å². The van der Waals surface area contributed by atoms with E-state index in [0.717, 1.165) is 6.42 Å². The molecule has 0 fully saturated rings. The second-order valence-corrected chi connectivity index (χ2v) is 2.68. The van der Waals surface area contributed by atoms with E-state index in [-0.39, 0.29) is 12.1 Å². The first-order valence-corrected chi connectivity index (χ1v) is 4.01. The maximum Gasteiger partial charge on any atom is 0.0950 e. The van der Waals surface area contributed by atoms with E-state index in [1.807, 2.05) is 6.92 Å². The van der Waals surface area contributed by atoms with E-state index in [0.29, 0.717) is 13.0 Å². The minimum Gasteiger partial charge on any atom is -0.393 e. The predicted octanol–water partition coefficient (Wildman–Crippen LogP) is 0.649. The van der Waals surface area contributed by atoms with Gasteiger partial charge in [0.05, 0.1) is 18.2 Å². The Morgan fingerprint density at radius 2 is 2.27 bits per heavy atom. The van der Waals surface area contributed by atoms with Crippen LogP contribution in [0, 0.1) is 11.3 Å². The summed E-state index contributed by atoms with van der Waals surface area (Å²) in [5.41, 5.74) is 0. The summed E-state index contributed by atoms with van der Waals surface area (Å²) in [7, 11) is 0. The molecule has 2 N–H and O–H groups in total. The Hall–Kier alpha value is -0.590. The van der Waals surface area contributed by atoms with Crippen LogP contribution in [-0.4, -0.2) is 23.8 Å². The smallest absolute Gasteiger partial charge is 0.0950 e. The van der Waals surface area contributed by atoms with Gasteiger partial charge in [-0.2, -0.15) is 5.26 Å². The van der Waals surface area contributed by atoms with Crippen LogP contribution in [0.25, 0.3) is 0 Å². The number of nitrogens with one attached hydrogen (secondary N) is 1. The van der Waals surface area contributed by atoms with Gasteiger partial charge in [0.2, 0.25) is 0 Å². The molecule has 0 amide bonds. The van der Waals surface area contributed by atoms with Crippen molar-refractivity contribution in [1.82, 2.24) is 5.32 Å². The third kappa shape index (κ3) is 5.84. The standard InChI is InChI=1S/C8H16N2O/c1-3-8(6-9)10-5-4-7(2)11/h7-8,10-11H,3-5H2,1-2H3. The molecule has 0 heterocycles. The number of hydrogen-bond acceptors (Lipinski definition) is 3. The molecule has 0 rings (SSSR count). The largest absolute Gasteiger partial charge is 0.393 e. The first-order chi connectivity index (χ1) is 5.20. The van der Waals surface area contributed by atoms with Gasteiger partial charge in [-0.05, 0) is 26.3 Å². The lowest BCUT2D eigenvalue weighted by Gasteiger charge is -2.09. The van der Waals surface area contributed by atoms with Crippen LogP contribution in [-0.2, 0) is 0 Å². The number of nitriles is 1. The quantitative estimate of drug-likeness (QED) is 0.614. The fourth-order valence-electron chi connectivity index (χ4n) is 0.748. The number of aliphatic hydroxyl groups is 1. The molecule has 0 aromatic carbocycles. The number of rotatable bonds is 5. The molecule has 3 nitrogen and oxygen atoms in total. The van der Waals surface area contributed by atoms with Crippen LogP contribution >= 0.6 is 0 Å². The lowest BCUT2D eigenvalue weighted by atomic mass is 10.2. The molecule has 0 spiro atoms.